The van der Waals surface area contributed by atoms with E-state index in [-0.39, 0.29) is 11.4 Å². The highest BCUT2D eigenvalue weighted by Gasteiger charge is 2.28. The zero-order chi connectivity index (χ0) is 12.5. The topological polar surface area (TPSA) is 56.3 Å². The molecule has 0 unspecified atom stereocenters. The Morgan fingerprint density at radius 3 is 2.11 bits per heavy atom. The van der Waals surface area contributed by atoms with Crippen LogP contribution in [0.1, 0.15) is 0 Å². The van der Waals surface area contributed by atoms with Gasteiger partial charge in [-0.05, 0) is 34.4 Å². The Hall–Kier alpha value is -2.98. The number of fused-ring (bicyclic) bond motifs is 2. The van der Waals surface area contributed by atoms with Gasteiger partial charge in [0.05, 0.1) is 5.39 Å². The summed E-state index contributed by atoms with van der Waals surface area (Å²) in [6, 6.07) is 15.3. The zero-order valence-corrected chi connectivity index (χ0v) is 9.41. The van der Waals surface area contributed by atoms with E-state index in [0.29, 0.717) is 0 Å². The summed E-state index contributed by atoms with van der Waals surface area (Å²) in [5.74, 6) is 0. The maximum Gasteiger partial charge on any atom is 0.486 e. The molecule has 0 radical (unpaired) electrons. The number of diazo groups is 2. The van der Waals surface area contributed by atoms with Crippen LogP contribution in [0.4, 0.5) is 11.4 Å². The average molecular weight is 232 g/mol. The molecular weight excluding hydrogens is 224 g/mol. The van der Waals surface area contributed by atoms with Gasteiger partial charge < -0.3 is 0 Å². The molecular formula is C14H8N4+2. The minimum atomic E-state index is 0.250. The summed E-state index contributed by atoms with van der Waals surface area (Å²) >= 11 is 0. The number of nitrogens with zero attached hydrogens (tertiary/aromatic N) is 4. The Labute approximate surface area is 103 Å². The van der Waals surface area contributed by atoms with E-state index in [9.17, 15) is 0 Å². The molecule has 0 heterocycles. The van der Waals surface area contributed by atoms with Gasteiger partial charge in [-0.15, -0.1) is 0 Å². The Morgan fingerprint density at radius 2 is 1.44 bits per heavy atom. The lowest BCUT2D eigenvalue weighted by molar-refractivity contribution is 1.45. The summed E-state index contributed by atoms with van der Waals surface area (Å²) in [6.07, 6.45) is 0. The van der Waals surface area contributed by atoms with Crippen LogP contribution >= 0.6 is 0 Å². The Morgan fingerprint density at radius 1 is 0.722 bits per heavy atom. The van der Waals surface area contributed by atoms with Crippen LogP contribution < -0.4 is 0 Å². The molecule has 3 rings (SSSR count). The van der Waals surface area contributed by atoms with Crippen molar-refractivity contribution in [2.75, 3.05) is 0 Å². The largest absolute Gasteiger partial charge is 0.486 e. The first-order chi connectivity index (χ1) is 8.83. The summed E-state index contributed by atoms with van der Waals surface area (Å²) in [7, 11) is 0. The molecule has 0 aliphatic rings. The fourth-order valence-electron chi connectivity index (χ4n) is 2.17. The fourth-order valence-corrected chi connectivity index (χ4v) is 2.17. The van der Waals surface area contributed by atoms with E-state index in [1.807, 2.05) is 42.5 Å². The highest BCUT2D eigenvalue weighted by molar-refractivity contribution is 6.07. The van der Waals surface area contributed by atoms with E-state index in [1.165, 1.54) is 0 Å². The molecule has 3 aromatic carbocycles. The monoisotopic (exact) mass is 232 g/mol. The van der Waals surface area contributed by atoms with Crippen LogP contribution in [-0.4, -0.2) is 0 Å². The SMILES string of the molecule is N#[N+]c1ccc2cc3ccccc3cc2c1[N+]#N. The van der Waals surface area contributed by atoms with E-state index >= 15 is 0 Å². The van der Waals surface area contributed by atoms with Crippen LogP contribution in [-0.2, 0) is 0 Å². The lowest BCUT2D eigenvalue weighted by Crippen LogP contribution is -1.77. The van der Waals surface area contributed by atoms with Crippen LogP contribution in [0.25, 0.3) is 31.5 Å². The summed E-state index contributed by atoms with van der Waals surface area (Å²) in [4.78, 5) is 6.34. The highest BCUT2D eigenvalue weighted by Crippen LogP contribution is 2.37. The zero-order valence-electron chi connectivity index (χ0n) is 9.41. The number of rotatable bonds is 0. The average Bonchev–Trinajstić information content (AvgIpc) is 2.43. The molecule has 0 saturated carbocycles. The van der Waals surface area contributed by atoms with Gasteiger partial charge in [-0.3, -0.25) is 0 Å². The van der Waals surface area contributed by atoms with E-state index < -0.39 is 0 Å². The second kappa shape index (κ2) is 3.80. The molecule has 0 aromatic heterocycles. The van der Waals surface area contributed by atoms with Crippen molar-refractivity contribution in [2.24, 2.45) is 0 Å². The smallest absolute Gasteiger partial charge is 0.0616 e. The number of hydrogen-bond donors (Lipinski definition) is 0. The van der Waals surface area contributed by atoms with Gasteiger partial charge in [-0.25, -0.2) is 0 Å². The van der Waals surface area contributed by atoms with Crippen molar-refractivity contribution >= 4 is 32.9 Å². The van der Waals surface area contributed by atoms with Crippen molar-refractivity contribution in [1.29, 1.82) is 10.8 Å². The van der Waals surface area contributed by atoms with Crippen molar-refractivity contribution in [3.05, 3.63) is 58.5 Å². The van der Waals surface area contributed by atoms with E-state index in [0.717, 1.165) is 21.5 Å². The lowest BCUT2D eigenvalue weighted by Gasteiger charge is -1.98. The van der Waals surface area contributed by atoms with Crippen molar-refractivity contribution < 1.29 is 0 Å². The molecule has 0 aliphatic carbocycles. The molecule has 0 N–H and O–H groups in total. The molecule has 4 nitrogen and oxygen atoms in total. The molecule has 0 saturated heterocycles. The number of hydrogen-bond acceptors (Lipinski definition) is 2. The van der Waals surface area contributed by atoms with Crippen LogP contribution in [0.5, 0.6) is 0 Å². The van der Waals surface area contributed by atoms with Crippen molar-refractivity contribution in [1.82, 2.24) is 0 Å². The fraction of sp³-hybridized carbons (Fsp3) is 0. The van der Waals surface area contributed by atoms with Gasteiger partial charge >= 0.3 is 11.4 Å². The predicted molar refractivity (Wildman–Crippen MR) is 70.9 cm³/mol. The van der Waals surface area contributed by atoms with Crippen LogP contribution in [0.2, 0.25) is 0 Å². The van der Waals surface area contributed by atoms with Crippen molar-refractivity contribution in [2.45, 2.75) is 0 Å². The summed E-state index contributed by atoms with van der Waals surface area (Å²) in [5.41, 5.74) is 0.529. The first kappa shape index (κ1) is 10.2. The van der Waals surface area contributed by atoms with E-state index in [4.69, 9.17) is 10.8 Å². The summed E-state index contributed by atoms with van der Waals surface area (Å²) in [6.45, 7) is 0. The first-order valence-electron chi connectivity index (χ1n) is 5.49. The Bertz CT molecular complexity index is 853. The molecule has 0 amide bonds. The second-order valence-corrected chi connectivity index (χ2v) is 4.05. The summed E-state index contributed by atoms with van der Waals surface area (Å²) in [5, 5.41) is 21.8. The molecule has 18 heavy (non-hydrogen) atoms. The van der Waals surface area contributed by atoms with Gasteiger partial charge in [0.1, 0.15) is 0 Å². The van der Waals surface area contributed by atoms with Gasteiger partial charge in [0.2, 0.25) is 10.8 Å². The van der Waals surface area contributed by atoms with Gasteiger partial charge in [0.25, 0.3) is 0 Å². The molecule has 3 aromatic rings. The molecule has 0 fully saturated rings. The third-order valence-electron chi connectivity index (χ3n) is 3.04. The van der Waals surface area contributed by atoms with Crippen molar-refractivity contribution in [3.63, 3.8) is 0 Å². The van der Waals surface area contributed by atoms with Crippen LogP contribution in [0.15, 0.2) is 48.5 Å². The Kier molecular flexibility index (Phi) is 2.15. The third kappa shape index (κ3) is 1.37. The molecule has 82 valence electrons. The minimum Gasteiger partial charge on any atom is -0.0616 e. The summed E-state index contributed by atoms with van der Waals surface area (Å²) < 4.78 is 0. The normalized spacial score (nSPS) is 10.1. The highest BCUT2D eigenvalue weighted by atomic mass is 14.9. The molecule has 0 aliphatic heterocycles. The number of benzene rings is 3. The third-order valence-corrected chi connectivity index (χ3v) is 3.04. The maximum atomic E-state index is 9.07. The standard InChI is InChI=1S/C14H8N4/c15-17-13-6-5-11-7-9-3-1-2-4-10(9)8-12(11)14(13)18-16/h1-8H/q+2. The molecule has 0 atom stereocenters. The molecule has 4 heteroatoms. The van der Waals surface area contributed by atoms with E-state index in [1.54, 1.807) is 6.07 Å². The molecule has 0 bridgehead atoms. The van der Waals surface area contributed by atoms with Gasteiger partial charge in [0, 0.05) is 6.07 Å². The predicted octanol–water partition coefficient (Wildman–Crippen LogP) is 4.96. The van der Waals surface area contributed by atoms with Crippen molar-refractivity contribution in [3.8, 4) is 0 Å². The van der Waals surface area contributed by atoms with E-state index in [2.05, 4.69) is 9.95 Å². The quantitative estimate of drug-likeness (QED) is 0.406. The first-order valence-corrected chi connectivity index (χ1v) is 5.49. The lowest BCUT2D eigenvalue weighted by atomic mass is 10.0. The maximum absolute atomic E-state index is 9.07. The molecule has 0 spiro atoms. The van der Waals surface area contributed by atoms with Crippen LogP contribution in [0.3, 0.4) is 0 Å². The Balaban J connectivity index is 2.52. The minimum absolute atomic E-state index is 0.250. The van der Waals surface area contributed by atoms with Gasteiger partial charge in [-0.2, -0.15) is 0 Å². The second-order valence-electron chi connectivity index (χ2n) is 4.05. The van der Waals surface area contributed by atoms with Gasteiger partial charge in [0.15, 0.2) is 9.95 Å². The van der Waals surface area contributed by atoms with Gasteiger partial charge in [-0.1, -0.05) is 24.3 Å². The van der Waals surface area contributed by atoms with Crippen LogP contribution in [0, 0.1) is 10.8 Å².